The molecule has 13 heteroatoms. The van der Waals surface area contributed by atoms with E-state index in [2.05, 4.69) is 29.2 Å². The summed E-state index contributed by atoms with van der Waals surface area (Å²) in [4.78, 5) is 49.6. The summed E-state index contributed by atoms with van der Waals surface area (Å²) in [6, 6.07) is 10.4. The number of carbonyl (C=O) groups is 4. The molecule has 0 bridgehead atoms. The Labute approximate surface area is 247 Å². The van der Waals surface area contributed by atoms with Gasteiger partial charge in [0.2, 0.25) is 0 Å². The van der Waals surface area contributed by atoms with E-state index < -0.39 is 53.7 Å². The molecular weight excluding hydrogens is 578 g/mol. The molecule has 0 aliphatic carbocycles. The summed E-state index contributed by atoms with van der Waals surface area (Å²) in [5.41, 5.74) is 0.455. The largest absolute Gasteiger partial charge is 0.463 e. The van der Waals surface area contributed by atoms with Crippen molar-refractivity contribution in [2.75, 3.05) is 19.7 Å². The zero-order valence-electron chi connectivity index (χ0n) is 22.9. The summed E-state index contributed by atoms with van der Waals surface area (Å²) in [6.45, 7) is 6.21. The third-order valence-electron chi connectivity index (χ3n) is 6.40. The Hall–Kier alpha value is -2.35. The number of carbonyl (C=O) groups excluding carboxylic acids is 4. The molecule has 220 valence electrons. The minimum atomic E-state index is -1.19. The van der Waals surface area contributed by atoms with Crippen molar-refractivity contribution >= 4 is 62.0 Å². The second-order valence-corrected chi connectivity index (χ2v) is 12.6. The lowest BCUT2D eigenvalue weighted by Gasteiger charge is -2.44. The van der Waals surface area contributed by atoms with E-state index in [1.807, 2.05) is 6.07 Å². The van der Waals surface area contributed by atoms with E-state index in [9.17, 15) is 19.2 Å². The molecule has 2 aliphatic heterocycles. The van der Waals surface area contributed by atoms with Gasteiger partial charge in [0.15, 0.2) is 23.7 Å². The first-order chi connectivity index (χ1) is 19.0. The molecule has 0 N–H and O–H groups in total. The maximum Gasteiger partial charge on any atom is 0.303 e. The Morgan fingerprint density at radius 3 is 2.02 bits per heavy atom. The fourth-order valence-electron chi connectivity index (χ4n) is 4.67. The molecule has 3 rings (SSSR count). The first-order valence-corrected chi connectivity index (χ1v) is 15.6. The molecule has 2 saturated heterocycles. The van der Waals surface area contributed by atoms with Crippen molar-refractivity contribution < 1.29 is 42.9 Å². The molecule has 0 aromatic heterocycles. The summed E-state index contributed by atoms with van der Waals surface area (Å²) in [6.07, 6.45) is -1.41. The SMILES string of the molecule is CC(=O)OCC1O[C@@H](SSC(=S)N2CCC(Cc3ccccc3)CC2)C(OC(C)=O)C(OC(C)=O)[C@H]1OC(C)=O. The van der Waals surface area contributed by atoms with Crippen LogP contribution in [0.4, 0.5) is 0 Å². The van der Waals surface area contributed by atoms with Gasteiger partial charge in [0.25, 0.3) is 0 Å². The van der Waals surface area contributed by atoms with Crippen molar-refractivity contribution in [2.45, 2.75) is 76.8 Å². The number of thiocarbonyl (C=S) groups is 1. The second-order valence-electron chi connectivity index (χ2n) is 9.63. The quantitative estimate of drug-likeness (QED) is 0.175. The molecular formula is C27H35NO9S3. The van der Waals surface area contributed by atoms with Crippen molar-refractivity contribution in [2.24, 2.45) is 5.92 Å². The van der Waals surface area contributed by atoms with Gasteiger partial charge in [0, 0.05) is 40.8 Å². The number of likely N-dealkylation sites (tertiary alicyclic amines) is 1. The molecule has 3 unspecified atom stereocenters. The lowest BCUT2D eigenvalue weighted by Crippen LogP contribution is -2.61. The van der Waals surface area contributed by atoms with Gasteiger partial charge in [-0.15, -0.1) is 0 Å². The van der Waals surface area contributed by atoms with Crippen molar-refractivity contribution in [1.82, 2.24) is 4.90 Å². The van der Waals surface area contributed by atoms with Crippen LogP contribution >= 0.6 is 33.8 Å². The lowest BCUT2D eigenvalue weighted by molar-refractivity contribution is -0.237. The van der Waals surface area contributed by atoms with Crippen LogP contribution in [0.2, 0.25) is 0 Å². The topological polar surface area (TPSA) is 118 Å². The van der Waals surface area contributed by atoms with E-state index in [1.54, 1.807) is 0 Å². The van der Waals surface area contributed by atoms with Gasteiger partial charge in [-0.3, -0.25) is 19.2 Å². The number of rotatable bonds is 9. The number of hydrogen-bond acceptors (Lipinski definition) is 12. The van der Waals surface area contributed by atoms with Crippen LogP contribution in [0, 0.1) is 5.92 Å². The smallest absolute Gasteiger partial charge is 0.303 e. The molecule has 0 radical (unpaired) electrons. The number of piperidine rings is 1. The van der Waals surface area contributed by atoms with E-state index in [4.69, 9.17) is 35.9 Å². The minimum absolute atomic E-state index is 0.265. The zero-order valence-corrected chi connectivity index (χ0v) is 25.4. The van der Waals surface area contributed by atoms with E-state index in [-0.39, 0.29) is 6.61 Å². The lowest BCUT2D eigenvalue weighted by atomic mass is 9.90. The van der Waals surface area contributed by atoms with Crippen molar-refractivity contribution in [1.29, 1.82) is 0 Å². The normalized spacial score (nSPS) is 25.0. The first kappa shape index (κ1) is 32.2. The molecule has 0 saturated carbocycles. The minimum Gasteiger partial charge on any atom is -0.463 e. The van der Waals surface area contributed by atoms with Crippen LogP contribution < -0.4 is 0 Å². The summed E-state index contributed by atoms with van der Waals surface area (Å²) >= 11 is 5.71. The van der Waals surface area contributed by atoms with Crippen molar-refractivity contribution in [3.8, 4) is 0 Å². The Kier molecular flexibility index (Phi) is 12.5. The molecule has 2 aliphatic rings. The average Bonchev–Trinajstić information content (AvgIpc) is 2.89. The Morgan fingerprint density at radius 2 is 1.45 bits per heavy atom. The van der Waals surface area contributed by atoms with Crippen LogP contribution in [0.25, 0.3) is 0 Å². The second kappa shape index (κ2) is 15.6. The molecule has 5 atom stereocenters. The summed E-state index contributed by atoms with van der Waals surface area (Å²) in [5, 5.41) is 0. The van der Waals surface area contributed by atoms with Crippen LogP contribution in [0.3, 0.4) is 0 Å². The number of benzene rings is 1. The Morgan fingerprint density at radius 1 is 0.875 bits per heavy atom. The fourth-order valence-corrected chi connectivity index (χ4v) is 7.50. The molecule has 0 amide bonds. The summed E-state index contributed by atoms with van der Waals surface area (Å²) < 4.78 is 28.3. The van der Waals surface area contributed by atoms with Crippen LogP contribution in [-0.2, 0) is 49.3 Å². The van der Waals surface area contributed by atoms with Gasteiger partial charge in [-0.2, -0.15) is 0 Å². The first-order valence-electron chi connectivity index (χ1n) is 13.0. The van der Waals surface area contributed by atoms with Gasteiger partial charge in [-0.25, -0.2) is 0 Å². The average molecular weight is 614 g/mol. The zero-order chi connectivity index (χ0) is 29.2. The van der Waals surface area contributed by atoms with E-state index in [0.717, 1.165) is 32.4 Å². The maximum absolute atomic E-state index is 12.0. The number of nitrogens with zero attached hydrogens (tertiary/aromatic N) is 1. The third-order valence-corrected chi connectivity index (χ3v) is 9.62. The van der Waals surface area contributed by atoms with E-state index in [1.165, 1.54) is 54.8 Å². The van der Waals surface area contributed by atoms with Gasteiger partial charge in [0.1, 0.15) is 17.0 Å². The molecule has 2 heterocycles. The molecule has 40 heavy (non-hydrogen) atoms. The van der Waals surface area contributed by atoms with Gasteiger partial charge < -0.3 is 28.6 Å². The van der Waals surface area contributed by atoms with Gasteiger partial charge in [-0.05, 0) is 41.5 Å². The number of esters is 4. The summed E-state index contributed by atoms with van der Waals surface area (Å²) in [7, 11) is 2.49. The monoisotopic (exact) mass is 613 g/mol. The Balaban J connectivity index is 1.69. The molecule has 2 fully saturated rings. The van der Waals surface area contributed by atoms with Crippen LogP contribution in [0.5, 0.6) is 0 Å². The summed E-state index contributed by atoms with van der Waals surface area (Å²) in [5.74, 6) is -1.95. The van der Waals surface area contributed by atoms with Crippen molar-refractivity contribution in [3.63, 3.8) is 0 Å². The predicted octanol–water partition coefficient (Wildman–Crippen LogP) is 3.69. The van der Waals surface area contributed by atoms with Crippen LogP contribution in [0.1, 0.15) is 46.1 Å². The highest BCUT2D eigenvalue weighted by atomic mass is 33.1. The van der Waals surface area contributed by atoms with Crippen LogP contribution in [-0.4, -0.2) is 82.6 Å². The molecule has 10 nitrogen and oxygen atoms in total. The molecule has 0 spiro atoms. The fraction of sp³-hybridized carbons (Fsp3) is 0.593. The number of ether oxygens (including phenoxy) is 5. The predicted molar refractivity (Wildman–Crippen MR) is 154 cm³/mol. The van der Waals surface area contributed by atoms with Gasteiger partial charge in [0.05, 0.1) is 0 Å². The standard InChI is InChI=1S/C27H35NO9S3/c1-16(29)33-15-22-23(34-17(2)30)24(35-18(3)31)25(36-19(4)32)26(37-22)39-40-27(38)28-12-10-21(11-13-28)14-20-8-6-5-7-9-20/h5-9,21-26H,10-15H2,1-4H3/t22?,23-,24?,25?,26-/m0/s1. The van der Waals surface area contributed by atoms with Gasteiger partial charge in [-0.1, -0.05) is 53.3 Å². The third kappa shape index (κ3) is 9.93. The van der Waals surface area contributed by atoms with Crippen LogP contribution in [0.15, 0.2) is 30.3 Å². The van der Waals surface area contributed by atoms with E-state index >= 15 is 0 Å². The van der Waals surface area contributed by atoms with Gasteiger partial charge >= 0.3 is 23.9 Å². The Bertz CT molecular complexity index is 1050. The highest BCUT2D eigenvalue weighted by Crippen LogP contribution is 2.41. The van der Waals surface area contributed by atoms with Crippen molar-refractivity contribution in [3.05, 3.63) is 35.9 Å². The highest BCUT2D eigenvalue weighted by Gasteiger charge is 2.52. The highest BCUT2D eigenvalue weighted by molar-refractivity contribution is 8.83. The number of hydrogen-bond donors (Lipinski definition) is 0. The molecule has 1 aromatic carbocycles. The molecule has 1 aromatic rings. The van der Waals surface area contributed by atoms with E-state index in [0.29, 0.717) is 10.2 Å². The maximum atomic E-state index is 12.0.